The number of rotatable bonds is 6. The van der Waals surface area contributed by atoms with E-state index in [9.17, 15) is 9.59 Å². The van der Waals surface area contributed by atoms with Crippen LogP contribution < -0.4 is 0 Å². The first-order valence-electron chi connectivity index (χ1n) is 4.48. The van der Waals surface area contributed by atoms with Crippen LogP contribution >= 0.6 is 0 Å². The van der Waals surface area contributed by atoms with Crippen LogP contribution in [0.2, 0.25) is 0 Å². The number of carbonyl (C=O) groups excluding carboxylic acids is 1. The second-order valence-electron chi connectivity index (χ2n) is 3.12. The predicted molar refractivity (Wildman–Crippen MR) is 51.0 cm³/mol. The fourth-order valence-electron chi connectivity index (χ4n) is 0.926. The molecule has 0 bridgehead atoms. The molecule has 0 fully saturated rings. The minimum Gasteiger partial charge on any atom is -0.480 e. The third kappa shape index (κ3) is 4.23. The normalized spacial score (nSPS) is 12.2. The van der Waals surface area contributed by atoms with Crippen molar-refractivity contribution in [1.29, 1.82) is 0 Å². The summed E-state index contributed by atoms with van der Waals surface area (Å²) >= 11 is 0. The van der Waals surface area contributed by atoms with Crippen molar-refractivity contribution in [2.24, 2.45) is 0 Å². The van der Waals surface area contributed by atoms with Gasteiger partial charge in [0.25, 0.3) is 0 Å². The van der Waals surface area contributed by atoms with E-state index in [1.807, 2.05) is 0 Å². The highest BCUT2D eigenvalue weighted by Gasteiger charge is 2.20. The number of methoxy groups -OCH3 is 1. The lowest BCUT2D eigenvalue weighted by Gasteiger charge is -2.21. The van der Waals surface area contributed by atoms with Crippen LogP contribution in [0.25, 0.3) is 0 Å². The number of carbonyl (C=O) groups is 2. The summed E-state index contributed by atoms with van der Waals surface area (Å²) in [5.41, 5.74) is 0. The molecule has 1 N–H and O–H groups in total. The fourth-order valence-corrected chi connectivity index (χ4v) is 0.926. The molecule has 1 unspecified atom stereocenters. The molecule has 0 saturated heterocycles. The molecule has 1 atom stereocenters. The second-order valence-corrected chi connectivity index (χ2v) is 3.12. The molecule has 5 nitrogen and oxygen atoms in total. The molecule has 0 aromatic rings. The Morgan fingerprint density at radius 2 is 2.07 bits per heavy atom. The Kier molecular flexibility index (Phi) is 5.87. The lowest BCUT2D eigenvalue weighted by molar-refractivity contribution is -0.148. The van der Waals surface area contributed by atoms with Crippen LogP contribution in [-0.4, -0.2) is 48.7 Å². The highest BCUT2D eigenvalue weighted by molar-refractivity contribution is 5.83. The fraction of sp³-hybridized carbons (Fsp3) is 0.778. The third-order valence-corrected chi connectivity index (χ3v) is 2.07. The molecule has 0 aliphatic heterocycles. The van der Waals surface area contributed by atoms with Crippen LogP contribution in [0.5, 0.6) is 0 Å². The van der Waals surface area contributed by atoms with Crippen molar-refractivity contribution >= 4 is 11.9 Å². The van der Waals surface area contributed by atoms with Crippen LogP contribution in [0.4, 0.5) is 0 Å². The van der Waals surface area contributed by atoms with Crippen molar-refractivity contribution in [2.75, 3.05) is 20.8 Å². The van der Waals surface area contributed by atoms with E-state index in [1.54, 1.807) is 7.11 Å². The smallest absolute Gasteiger partial charge is 0.326 e. The van der Waals surface area contributed by atoms with E-state index < -0.39 is 12.0 Å². The zero-order chi connectivity index (χ0) is 11.1. The van der Waals surface area contributed by atoms with Gasteiger partial charge < -0.3 is 14.7 Å². The number of ether oxygens (including phenoxy) is 1. The van der Waals surface area contributed by atoms with E-state index in [4.69, 9.17) is 9.84 Å². The van der Waals surface area contributed by atoms with Gasteiger partial charge >= 0.3 is 5.97 Å². The minimum absolute atomic E-state index is 0.169. The SMILES string of the molecule is COCCCC(=O)N(C)C(C)C(=O)O. The van der Waals surface area contributed by atoms with Gasteiger partial charge in [-0.3, -0.25) is 4.79 Å². The van der Waals surface area contributed by atoms with Crippen molar-refractivity contribution in [1.82, 2.24) is 4.90 Å². The molecule has 0 aromatic carbocycles. The lowest BCUT2D eigenvalue weighted by Crippen LogP contribution is -2.40. The predicted octanol–water partition coefficient (Wildman–Crippen LogP) is 0.344. The van der Waals surface area contributed by atoms with Gasteiger partial charge in [-0.1, -0.05) is 0 Å². The number of hydrogen-bond donors (Lipinski definition) is 1. The Bertz CT molecular complexity index is 205. The first-order chi connectivity index (χ1) is 6.50. The summed E-state index contributed by atoms with van der Waals surface area (Å²) < 4.78 is 4.79. The molecule has 0 saturated carbocycles. The molecule has 0 aliphatic carbocycles. The summed E-state index contributed by atoms with van der Waals surface area (Å²) in [5, 5.41) is 8.65. The van der Waals surface area contributed by atoms with E-state index in [2.05, 4.69) is 0 Å². The Hall–Kier alpha value is -1.10. The summed E-state index contributed by atoms with van der Waals surface area (Å²) in [6.07, 6.45) is 0.938. The average molecular weight is 203 g/mol. The van der Waals surface area contributed by atoms with Gasteiger partial charge in [0.2, 0.25) is 5.91 Å². The van der Waals surface area contributed by atoms with Gasteiger partial charge in [0, 0.05) is 27.2 Å². The first kappa shape index (κ1) is 12.9. The monoisotopic (exact) mass is 203 g/mol. The summed E-state index contributed by atoms with van der Waals surface area (Å²) in [5.74, 6) is -1.16. The van der Waals surface area contributed by atoms with Crippen molar-refractivity contribution in [2.45, 2.75) is 25.8 Å². The molecular weight excluding hydrogens is 186 g/mol. The van der Waals surface area contributed by atoms with Gasteiger partial charge in [-0.15, -0.1) is 0 Å². The van der Waals surface area contributed by atoms with Crippen molar-refractivity contribution < 1.29 is 19.4 Å². The minimum atomic E-state index is -0.993. The quantitative estimate of drug-likeness (QED) is 0.632. The number of aliphatic carboxylic acids is 1. The van der Waals surface area contributed by atoms with E-state index in [0.29, 0.717) is 19.4 Å². The second kappa shape index (κ2) is 6.37. The molecule has 82 valence electrons. The van der Waals surface area contributed by atoms with Crippen LogP contribution in [0.15, 0.2) is 0 Å². The highest BCUT2D eigenvalue weighted by Crippen LogP contribution is 2.01. The molecule has 0 rings (SSSR count). The third-order valence-electron chi connectivity index (χ3n) is 2.07. The molecule has 1 amide bonds. The molecular formula is C9H17NO4. The molecule has 0 aliphatic rings. The van der Waals surface area contributed by atoms with Crippen LogP contribution in [-0.2, 0) is 14.3 Å². The van der Waals surface area contributed by atoms with Crippen molar-refractivity contribution in [3.05, 3.63) is 0 Å². The highest BCUT2D eigenvalue weighted by atomic mass is 16.5. The van der Waals surface area contributed by atoms with Crippen molar-refractivity contribution in [3.63, 3.8) is 0 Å². The number of carboxylic acids is 1. The molecule has 0 radical (unpaired) electrons. The maximum absolute atomic E-state index is 11.4. The summed E-state index contributed by atoms with van der Waals surface area (Å²) in [4.78, 5) is 23.2. The Morgan fingerprint density at radius 1 is 1.50 bits per heavy atom. The Labute approximate surface area is 83.6 Å². The van der Waals surface area contributed by atoms with Gasteiger partial charge in [-0.05, 0) is 13.3 Å². The van der Waals surface area contributed by atoms with Gasteiger partial charge in [-0.25, -0.2) is 4.79 Å². The molecule has 14 heavy (non-hydrogen) atoms. The van der Waals surface area contributed by atoms with E-state index in [-0.39, 0.29) is 5.91 Å². The number of carboxylic acid groups (broad SMARTS) is 1. The zero-order valence-electron chi connectivity index (χ0n) is 8.82. The summed E-state index contributed by atoms with van der Waals surface area (Å²) in [7, 11) is 3.06. The van der Waals surface area contributed by atoms with Crippen LogP contribution in [0.3, 0.4) is 0 Å². The Balaban J connectivity index is 3.92. The standard InChI is InChI=1S/C9H17NO4/c1-7(9(12)13)10(2)8(11)5-4-6-14-3/h7H,4-6H2,1-3H3,(H,12,13). The molecule has 5 heteroatoms. The lowest BCUT2D eigenvalue weighted by atomic mass is 10.2. The molecule has 0 heterocycles. The number of amides is 1. The van der Waals surface area contributed by atoms with Gasteiger partial charge in [0.1, 0.15) is 6.04 Å². The van der Waals surface area contributed by atoms with Gasteiger partial charge in [0.05, 0.1) is 0 Å². The summed E-state index contributed by atoms with van der Waals surface area (Å²) in [6.45, 7) is 2.00. The van der Waals surface area contributed by atoms with Gasteiger partial charge in [0.15, 0.2) is 0 Å². The first-order valence-corrected chi connectivity index (χ1v) is 4.48. The topological polar surface area (TPSA) is 66.8 Å². The van der Waals surface area contributed by atoms with E-state index in [0.717, 1.165) is 0 Å². The maximum atomic E-state index is 11.4. The van der Waals surface area contributed by atoms with Crippen LogP contribution in [0, 0.1) is 0 Å². The number of hydrogen-bond acceptors (Lipinski definition) is 3. The maximum Gasteiger partial charge on any atom is 0.326 e. The largest absolute Gasteiger partial charge is 0.480 e. The average Bonchev–Trinajstić information content (AvgIpc) is 2.15. The molecule has 0 spiro atoms. The number of nitrogens with zero attached hydrogens (tertiary/aromatic N) is 1. The number of likely N-dealkylation sites (N-methyl/N-ethyl adjacent to an activating group) is 1. The zero-order valence-corrected chi connectivity index (χ0v) is 8.82. The molecule has 0 aromatic heterocycles. The summed E-state index contributed by atoms with van der Waals surface area (Å²) in [6, 6.07) is -0.773. The van der Waals surface area contributed by atoms with Crippen LogP contribution in [0.1, 0.15) is 19.8 Å². The van der Waals surface area contributed by atoms with Gasteiger partial charge in [-0.2, -0.15) is 0 Å². The van der Waals surface area contributed by atoms with E-state index >= 15 is 0 Å². The van der Waals surface area contributed by atoms with E-state index in [1.165, 1.54) is 18.9 Å². The van der Waals surface area contributed by atoms with Crippen molar-refractivity contribution in [3.8, 4) is 0 Å². The Morgan fingerprint density at radius 3 is 2.50 bits per heavy atom.